The summed E-state index contributed by atoms with van der Waals surface area (Å²) in [6, 6.07) is 21.2. The molecule has 0 saturated carbocycles. The molecular weight excluding hydrogens is 600 g/mol. The van der Waals surface area contributed by atoms with Crippen molar-refractivity contribution in [1.29, 1.82) is 0 Å². The van der Waals surface area contributed by atoms with Crippen molar-refractivity contribution in [3.05, 3.63) is 112 Å². The highest BCUT2D eigenvalue weighted by molar-refractivity contribution is 7.89. The zero-order valence-electron chi connectivity index (χ0n) is 25.6. The van der Waals surface area contributed by atoms with E-state index in [0.717, 1.165) is 11.1 Å². The first-order valence-electron chi connectivity index (χ1n) is 14.4. The van der Waals surface area contributed by atoms with Crippen LogP contribution in [-0.2, 0) is 35.5 Å². The molecule has 3 aromatic rings. The number of nitrogens with zero attached hydrogens (tertiary/aromatic N) is 1. The van der Waals surface area contributed by atoms with E-state index in [-0.39, 0.29) is 24.5 Å². The van der Waals surface area contributed by atoms with Gasteiger partial charge in [0, 0.05) is 17.5 Å². The molecule has 0 fully saturated rings. The van der Waals surface area contributed by atoms with Gasteiger partial charge >= 0.3 is 5.97 Å². The third kappa shape index (κ3) is 7.77. The smallest absolute Gasteiger partial charge is 0.328 e. The van der Waals surface area contributed by atoms with Crippen LogP contribution in [-0.4, -0.2) is 57.0 Å². The van der Waals surface area contributed by atoms with Gasteiger partial charge in [-0.3, -0.25) is 4.79 Å². The predicted molar refractivity (Wildman–Crippen MR) is 171 cm³/mol. The van der Waals surface area contributed by atoms with Gasteiger partial charge < -0.3 is 14.8 Å². The number of amides is 1. The van der Waals surface area contributed by atoms with Crippen LogP contribution in [0.1, 0.15) is 43.5 Å². The Kier molecular flexibility index (Phi) is 10.7. The number of hydrogen-bond acceptors (Lipinski definition) is 6. The summed E-state index contributed by atoms with van der Waals surface area (Å²) in [4.78, 5) is 25.5. The van der Waals surface area contributed by atoms with E-state index >= 15 is 0 Å². The molecule has 1 aliphatic rings. The fraction of sp³-hybridized carbons (Fsp3) is 0.353. The Hall–Kier alpha value is -3.50. The summed E-state index contributed by atoms with van der Waals surface area (Å²) in [6.07, 6.45) is 2.20. The zero-order chi connectivity index (χ0) is 32.1. The van der Waals surface area contributed by atoms with Crippen LogP contribution < -0.4 is 5.32 Å². The average Bonchev–Trinajstić information content (AvgIpc) is 3.38. The zero-order valence-corrected chi connectivity index (χ0v) is 27.2. The second-order valence-electron chi connectivity index (χ2n) is 11.9. The molecule has 8 nitrogen and oxygen atoms in total. The molecule has 10 heteroatoms. The average molecular weight is 639 g/mol. The highest BCUT2D eigenvalue weighted by Crippen LogP contribution is 2.46. The molecule has 0 radical (unpaired) electrons. The predicted octanol–water partition coefficient (Wildman–Crippen LogP) is 5.65. The third-order valence-electron chi connectivity index (χ3n) is 7.58. The Labute approximate surface area is 265 Å². The van der Waals surface area contributed by atoms with Crippen LogP contribution in [0.25, 0.3) is 0 Å². The van der Waals surface area contributed by atoms with Crippen LogP contribution in [0.5, 0.6) is 0 Å². The van der Waals surface area contributed by atoms with E-state index < -0.39 is 45.4 Å². The van der Waals surface area contributed by atoms with Crippen LogP contribution in [0.4, 0.5) is 0 Å². The molecule has 1 heterocycles. The lowest BCUT2D eigenvalue weighted by molar-refractivity contribution is -0.145. The molecule has 4 rings (SSSR count). The number of benzene rings is 3. The van der Waals surface area contributed by atoms with Gasteiger partial charge in [0.2, 0.25) is 15.9 Å². The Morgan fingerprint density at radius 2 is 1.61 bits per heavy atom. The first kappa shape index (κ1) is 33.4. The van der Waals surface area contributed by atoms with E-state index in [1.165, 1.54) is 7.11 Å². The van der Waals surface area contributed by atoms with Gasteiger partial charge in [-0.2, -0.15) is 4.31 Å². The van der Waals surface area contributed by atoms with Gasteiger partial charge in [-0.25, -0.2) is 13.2 Å². The Morgan fingerprint density at radius 3 is 2.23 bits per heavy atom. The quantitative estimate of drug-likeness (QED) is 0.215. The molecule has 44 heavy (non-hydrogen) atoms. The van der Waals surface area contributed by atoms with E-state index in [0.29, 0.717) is 16.2 Å². The molecule has 3 aromatic carbocycles. The van der Waals surface area contributed by atoms with Crippen LogP contribution in [0.15, 0.2) is 95.4 Å². The maximum absolute atomic E-state index is 14.4. The molecular formula is C34H39ClN2O6S. The fourth-order valence-electron chi connectivity index (χ4n) is 5.39. The highest BCUT2D eigenvalue weighted by atomic mass is 35.5. The number of nitrogens with one attached hydrogen (secondary N) is 1. The van der Waals surface area contributed by atoms with E-state index in [2.05, 4.69) is 5.32 Å². The lowest BCUT2D eigenvalue weighted by Crippen LogP contribution is -2.45. The van der Waals surface area contributed by atoms with Gasteiger partial charge in [0.25, 0.3) is 0 Å². The van der Waals surface area contributed by atoms with Gasteiger partial charge in [-0.15, -0.1) is 0 Å². The van der Waals surface area contributed by atoms with E-state index in [9.17, 15) is 18.0 Å². The van der Waals surface area contributed by atoms with Gasteiger partial charge in [0.1, 0.15) is 12.6 Å². The highest BCUT2D eigenvalue weighted by Gasteiger charge is 2.48. The summed E-state index contributed by atoms with van der Waals surface area (Å²) < 4.78 is 41.1. The van der Waals surface area contributed by atoms with Gasteiger partial charge in [0.15, 0.2) is 0 Å². The number of sulfonamides is 1. The minimum Gasteiger partial charge on any atom is -0.467 e. The largest absolute Gasteiger partial charge is 0.467 e. The number of ether oxygens (including phenoxy) is 2. The number of carbonyl (C=O) groups excluding carboxylic acids is 2. The lowest BCUT2D eigenvalue weighted by Gasteiger charge is -2.37. The van der Waals surface area contributed by atoms with Gasteiger partial charge in [0.05, 0.1) is 24.7 Å². The second kappa shape index (κ2) is 14.1. The minimum absolute atomic E-state index is 0.00530. The Morgan fingerprint density at radius 1 is 0.977 bits per heavy atom. The fourth-order valence-corrected chi connectivity index (χ4v) is 7.68. The van der Waals surface area contributed by atoms with Crippen LogP contribution in [0, 0.1) is 12.3 Å². The van der Waals surface area contributed by atoms with Crippen molar-refractivity contribution in [1.82, 2.24) is 9.62 Å². The van der Waals surface area contributed by atoms with Crippen molar-refractivity contribution in [2.45, 2.75) is 57.1 Å². The van der Waals surface area contributed by atoms with Crippen LogP contribution >= 0.6 is 11.6 Å². The van der Waals surface area contributed by atoms with Crippen molar-refractivity contribution < 1.29 is 27.5 Å². The molecule has 0 aliphatic carbocycles. The molecule has 234 valence electrons. The number of carbonyl (C=O) groups is 2. The maximum Gasteiger partial charge on any atom is 0.328 e. The molecule has 0 saturated heterocycles. The van der Waals surface area contributed by atoms with Gasteiger partial charge in [-0.05, 0) is 52.8 Å². The number of aryl methyl sites for hydroxylation is 1. The number of hydrogen-bond donors (Lipinski definition) is 1. The van der Waals surface area contributed by atoms with Crippen molar-refractivity contribution in [2.75, 3.05) is 20.3 Å². The van der Waals surface area contributed by atoms with Crippen molar-refractivity contribution in [3.8, 4) is 0 Å². The normalized spacial score (nSPS) is 18.0. The standard InChI is InChI=1S/C34H39ClN2O6S/c1-23-11-9-10-14-29(23)44(40,41)37-30(34(2,3)4)20-26(32(37)25-15-17-27(35)18-16-25)21-43-22-31(38)36-28(33(39)42-5)19-24-12-7-6-8-13-24/h6-18,20,28,30,32H,19,21-22H2,1-5H3,(H,36,38)/t28-,30?,32+/m1/s1. The number of esters is 1. The summed E-state index contributed by atoms with van der Waals surface area (Å²) in [5.41, 5.74) is 2.48. The molecule has 1 aliphatic heterocycles. The van der Waals surface area contributed by atoms with Gasteiger partial charge in [-0.1, -0.05) is 99.1 Å². The minimum atomic E-state index is -3.98. The Balaban J connectivity index is 1.59. The van der Waals surface area contributed by atoms with Crippen LogP contribution in [0.2, 0.25) is 5.02 Å². The van der Waals surface area contributed by atoms with E-state index in [1.54, 1.807) is 41.6 Å². The molecule has 1 unspecified atom stereocenters. The molecule has 0 aromatic heterocycles. The summed E-state index contributed by atoms with van der Waals surface area (Å²) in [7, 11) is -2.71. The van der Waals surface area contributed by atoms with Crippen molar-refractivity contribution >= 4 is 33.5 Å². The summed E-state index contributed by atoms with van der Waals surface area (Å²) >= 11 is 6.19. The summed E-state index contributed by atoms with van der Waals surface area (Å²) in [5.74, 6) is -1.05. The second-order valence-corrected chi connectivity index (χ2v) is 14.2. The molecule has 3 atom stereocenters. The first-order valence-corrected chi connectivity index (χ1v) is 16.2. The third-order valence-corrected chi connectivity index (χ3v) is 9.84. The summed E-state index contributed by atoms with van der Waals surface area (Å²) in [5, 5.41) is 3.23. The number of rotatable bonds is 11. The monoisotopic (exact) mass is 638 g/mol. The van der Waals surface area contributed by atoms with E-state index in [4.69, 9.17) is 21.1 Å². The van der Waals surface area contributed by atoms with Crippen molar-refractivity contribution in [2.24, 2.45) is 5.41 Å². The lowest BCUT2D eigenvalue weighted by atomic mass is 9.87. The molecule has 0 bridgehead atoms. The number of halogens is 1. The SMILES string of the molecule is COC(=O)[C@@H](Cc1ccccc1)NC(=O)COCC1=CC(C(C)(C)C)N(S(=O)(=O)c2ccccc2C)[C@H]1c1ccc(Cl)cc1. The molecule has 1 amide bonds. The molecule has 1 N–H and O–H groups in total. The van der Waals surface area contributed by atoms with E-state index in [1.807, 2.05) is 75.4 Å². The number of methoxy groups -OCH3 is 1. The topological polar surface area (TPSA) is 102 Å². The van der Waals surface area contributed by atoms with Crippen LogP contribution in [0.3, 0.4) is 0 Å². The Bertz CT molecular complexity index is 1600. The van der Waals surface area contributed by atoms with Crippen molar-refractivity contribution in [3.63, 3.8) is 0 Å². The maximum atomic E-state index is 14.4. The first-order chi connectivity index (χ1) is 20.8. The molecule has 0 spiro atoms. The summed E-state index contributed by atoms with van der Waals surface area (Å²) in [6.45, 7) is 7.41.